The van der Waals surface area contributed by atoms with Gasteiger partial charge in [0.15, 0.2) is 0 Å². The number of aryl methyl sites for hydroxylation is 2. The number of amides is 1. The van der Waals surface area contributed by atoms with Crippen molar-refractivity contribution in [3.8, 4) is 5.75 Å². The molecule has 6 nitrogen and oxygen atoms in total. The molecule has 1 saturated heterocycles. The quantitative estimate of drug-likeness (QED) is 0.465. The predicted octanol–water partition coefficient (Wildman–Crippen LogP) is 5.17. The lowest BCUT2D eigenvalue weighted by Gasteiger charge is -2.32. The van der Waals surface area contributed by atoms with Gasteiger partial charge in [-0.15, -0.1) is 0 Å². The summed E-state index contributed by atoms with van der Waals surface area (Å²) in [6, 6.07) is 11.9. The molecule has 1 aliphatic rings. The molecular formula is C27H28N4O2. The molecule has 1 aromatic carbocycles. The second kappa shape index (κ2) is 9.06. The Morgan fingerprint density at radius 1 is 1.12 bits per heavy atom. The van der Waals surface area contributed by atoms with Crippen LogP contribution >= 0.6 is 0 Å². The van der Waals surface area contributed by atoms with E-state index < -0.39 is 0 Å². The Kier molecular flexibility index (Phi) is 5.82. The zero-order valence-corrected chi connectivity index (χ0v) is 19.0. The summed E-state index contributed by atoms with van der Waals surface area (Å²) in [5, 5.41) is 1.19. The molecule has 6 heteroatoms. The van der Waals surface area contributed by atoms with Crippen LogP contribution in [0, 0.1) is 13.8 Å². The highest BCUT2D eigenvalue weighted by atomic mass is 16.5. The highest BCUT2D eigenvalue weighted by molar-refractivity contribution is 5.95. The number of rotatable bonds is 5. The van der Waals surface area contributed by atoms with Crippen LogP contribution in [-0.2, 0) is 6.61 Å². The lowest BCUT2D eigenvalue weighted by molar-refractivity contribution is 0.0713. The van der Waals surface area contributed by atoms with E-state index in [0.717, 1.165) is 59.6 Å². The Bertz CT molecular complexity index is 1250. The SMILES string of the molecule is Cc1cc(C(=O)N2CCC(c3c[nH]c4ncccc34)CC2)cc(C)c1OCc1cccnc1. The molecule has 168 valence electrons. The van der Waals surface area contributed by atoms with Crippen molar-refractivity contribution in [3.05, 3.63) is 89.0 Å². The molecule has 1 N–H and O–H groups in total. The van der Waals surface area contributed by atoms with E-state index >= 15 is 0 Å². The number of nitrogens with zero attached hydrogens (tertiary/aromatic N) is 3. The van der Waals surface area contributed by atoms with Crippen molar-refractivity contribution in [1.29, 1.82) is 0 Å². The largest absolute Gasteiger partial charge is 0.488 e. The second-order valence-corrected chi connectivity index (χ2v) is 8.80. The van der Waals surface area contributed by atoms with Crippen molar-refractivity contribution in [2.45, 2.75) is 39.2 Å². The minimum absolute atomic E-state index is 0.0963. The monoisotopic (exact) mass is 440 g/mol. The minimum atomic E-state index is 0.0963. The normalized spacial score (nSPS) is 14.5. The van der Waals surface area contributed by atoms with E-state index in [1.807, 2.05) is 55.3 Å². The lowest BCUT2D eigenvalue weighted by Crippen LogP contribution is -2.38. The number of carbonyl (C=O) groups is 1. The first-order valence-electron chi connectivity index (χ1n) is 11.4. The Balaban J connectivity index is 1.25. The fourth-order valence-corrected chi connectivity index (χ4v) is 4.83. The van der Waals surface area contributed by atoms with Crippen LogP contribution < -0.4 is 4.74 Å². The van der Waals surface area contributed by atoms with Crippen LogP contribution in [0.1, 0.15) is 51.4 Å². The molecular weight excluding hydrogens is 412 g/mol. The summed E-state index contributed by atoms with van der Waals surface area (Å²) >= 11 is 0. The molecule has 0 radical (unpaired) electrons. The van der Waals surface area contributed by atoms with Gasteiger partial charge < -0.3 is 14.6 Å². The number of benzene rings is 1. The van der Waals surface area contributed by atoms with E-state index in [0.29, 0.717) is 12.5 Å². The maximum absolute atomic E-state index is 13.3. The van der Waals surface area contributed by atoms with Crippen LogP contribution in [0.4, 0.5) is 0 Å². The maximum atomic E-state index is 13.3. The molecule has 0 atom stereocenters. The molecule has 5 rings (SSSR count). The number of hydrogen-bond acceptors (Lipinski definition) is 4. The predicted molar refractivity (Wildman–Crippen MR) is 128 cm³/mol. The van der Waals surface area contributed by atoms with Gasteiger partial charge in [0.1, 0.15) is 18.0 Å². The molecule has 1 fully saturated rings. The van der Waals surface area contributed by atoms with Gasteiger partial charge in [0, 0.05) is 54.4 Å². The van der Waals surface area contributed by atoms with E-state index in [-0.39, 0.29) is 5.91 Å². The average molecular weight is 441 g/mol. The van der Waals surface area contributed by atoms with Gasteiger partial charge in [0.25, 0.3) is 5.91 Å². The molecule has 4 aromatic rings. The highest BCUT2D eigenvalue weighted by Crippen LogP contribution is 2.33. The fourth-order valence-electron chi connectivity index (χ4n) is 4.83. The number of ether oxygens (including phenoxy) is 1. The first-order valence-corrected chi connectivity index (χ1v) is 11.4. The summed E-state index contributed by atoms with van der Waals surface area (Å²) in [7, 11) is 0. The van der Waals surface area contributed by atoms with E-state index in [9.17, 15) is 4.79 Å². The smallest absolute Gasteiger partial charge is 0.253 e. The van der Waals surface area contributed by atoms with Gasteiger partial charge in [0.05, 0.1) is 0 Å². The molecule has 1 amide bonds. The molecule has 0 aliphatic carbocycles. The first kappa shape index (κ1) is 21.2. The van der Waals surface area contributed by atoms with Gasteiger partial charge in [-0.3, -0.25) is 9.78 Å². The first-order chi connectivity index (χ1) is 16.1. The van der Waals surface area contributed by atoms with E-state index in [4.69, 9.17) is 4.74 Å². The van der Waals surface area contributed by atoms with E-state index in [2.05, 4.69) is 27.2 Å². The van der Waals surface area contributed by atoms with Crippen molar-refractivity contribution < 1.29 is 9.53 Å². The van der Waals surface area contributed by atoms with Crippen LogP contribution in [0.25, 0.3) is 11.0 Å². The molecule has 1 aliphatic heterocycles. The summed E-state index contributed by atoms with van der Waals surface area (Å²) in [5.41, 5.74) is 5.94. The zero-order valence-electron chi connectivity index (χ0n) is 19.0. The number of carbonyl (C=O) groups excluding carboxylic acids is 1. The third kappa shape index (κ3) is 4.33. The zero-order chi connectivity index (χ0) is 22.8. The molecule has 4 heterocycles. The standard InChI is InChI=1S/C27H28N4O2/c1-18-13-22(14-19(2)25(18)33-17-20-5-3-9-28-15-20)27(32)31-11-7-21(8-12-31)24-16-30-26-23(24)6-4-10-29-26/h3-6,9-10,13-16,21H,7-8,11-12,17H2,1-2H3,(H,29,30). The number of H-pyrrole nitrogens is 1. The number of likely N-dealkylation sites (tertiary alicyclic amines) is 1. The molecule has 0 unspecified atom stereocenters. The summed E-state index contributed by atoms with van der Waals surface area (Å²) < 4.78 is 6.05. The van der Waals surface area contributed by atoms with Gasteiger partial charge in [-0.05, 0) is 79.6 Å². The van der Waals surface area contributed by atoms with Gasteiger partial charge in [-0.25, -0.2) is 4.98 Å². The number of aromatic nitrogens is 3. The Labute approximate surface area is 193 Å². The van der Waals surface area contributed by atoms with Crippen molar-refractivity contribution >= 4 is 16.9 Å². The molecule has 33 heavy (non-hydrogen) atoms. The second-order valence-electron chi connectivity index (χ2n) is 8.80. The Hall–Kier alpha value is -3.67. The number of piperidine rings is 1. The van der Waals surface area contributed by atoms with Crippen molar-refractivity contribution in [1.82, 2.24) is 19.9 Å². The van der Waals surface area contributed by atoms with Gasteiger partial charge in [-0.2, -0.15) is 0 Å². The van der Waals surface area contributed by atoms with E-state index in [1.165, 1.54) is 10.9 Å². The third-order valence-electron chi connectivity index (χ3n) is 6.52. The number of pyridine rings is 2. The van der Waals surface area contributed by atoms with E-state index in [1.54, 1.807) is 12.4 Å². The highest BCUT2D eigenvalue weighted by Gasteiger charge is 2.26. The topological polar surface area (TPSA) is 71.1 Å². The maximum Gasteiger partial charge on any atom is 0.253 e. The molecule has 0 bridgehead atoms. The van der Waals surface area contributed by atoms with Crippen LogP contribution in [0.15, 0.2) is 61.2 Å². The number of aromatic amines is 1. The van der Waals surface area contributed by atoms with Crippen LogP contribution in [0.2, 0.25) is 0 Å². The average Bonchev–Trinajstić information content (AvgIpc) is 3.28. The van der Waals surface area contributed by atoms with Gasteiger partial charge >= 0.3 is 0 Å². The summed E-state index contributed by atoms with van der Waals surface area (Å²) in [6.07, 6.45) is 9.36. The molecule has 0 spiro atoms. The fraction of sp³-hybridized carbons (Fsp3) is 0.296. The molecule has 0 saturated carbocycles. The Morgan fingerprint density at radius 3 is 2.61 bits per heavy atom. The van der Waals surface area contributed by atoms with Gasteiger partial charge in [0.2, 0.25) is 0 Å². The van der Waals surface area contributed by atoms with Crippen molar-refractivity contribution in [3.63, 3.8) is 0 Å². The number of nitrogens with one attached hydrogen (secondary N) is 1. The van der Waals surface area contributed by atoms with Crippen molar-refractivity contribution in [2.75, 3.05) is 13.1 Å². The minimum Gasteiger partial charge on any atom is -0.488 e. The summed E-state index contributed by atoms with van der Waals surface area (Å²) in [5.74, 6) is 1.37. The van der Waals surface area contributed by atoms with Crippen molar-refractivity contribution in [2.24, 2.45) is 0 Å². The van der Waals surface area contributed by atoms with Crippen LogP contribution in [0.5, 0.6) is 5.75 Å². The summed E-state index contributed by atoms with van der Waals surface area (Å²) in [4.78, 5) is 27.1. The van der Waals surface area contributed by atoms with Crippen LogP contribution in [0.3, 0.4) is 0 Å². The lowest BCUT2D eigenvalue weighted by atomic mass is 9.89. The van der Waals surface area contributed by atoms with Gasteiger partial charge in [-0.1, -0.05) is 6.07 Å². The third-order valence-corrected chi connectivity index (χ3v) is 6.52. The Morgan fingerprint density at radius 2 is 1.88 bits per heavy atom. The number of fused-ring (bicyclic) bond motifs is 1. The molecule has 3 aromatic heterocycles. The van der Waals surface area contributed by atoms with Crippen LogP contribution in [-0.4, -0.2) is 38.8 Å². The summed E-state index contributed by atoms with van der Waals surface area (Å²) in [6.45, 7) is 5.97. The number of hydrogen-bond donors (Lipinski definition) is 1.